The fourth-order valence-corrected chi connectivity index (χ4v) is 2.26. The Morgan fingerprint density at radius 2 is 1.92 bits per heavy atom. The lowest BCUT2D eigenvalue weighted by Crippen LogP contribution is -2.37. The molecule has 4 nitrogen and oxygen atoms in total. The minimum atomic E-state index is -3.11. The Bertz CT molecular complexity index is 211. The zero-order valence-electron chi connectivity index (χ0n) is 7.82. The fraction of sp³-hybridized carbons (Fsp3) is 1.00. The minimum absolute atomic E-state index is 0.0265. The quantitative estimate of drug-likeness (QED) is 0.674. The first kappa shape index (κ1) is 11.9. The lowest BCUT2D eigenvalue weighted by Gasteiger charge is -2.23. The van der Waals surface area contributed by atoms with Crippen molar-refractivity contribution in [3.63, 3.8) is 0 Å². The summed E-state index contributed by atoms with van der Waals surface area (Å²) in [7, 11) is -3.11. The second kappa shape index (κ2) is 4.79. The SMILES string of the molecule is CC(C)N(CCCO)S(C)(=O)=O. The average Bonchev–Trinajstić information content (AvgIpc) is 1.84. The van der Waals surface area contributed by atoms with Crippen molar-refractivity contribution >= 4 is 10.0 Å². The van der Waals surface area contributed by atoms with Crippen molar-refractivity contribution in [2.75, 3.05) is 19.4 Å². The largest absolute Gasteiger partial charge is 0.396 e. The van der Waals surface area contributed by atoms with E-state index in [1.165, 1.54) is 10.6 Å². The van der Waals surface area contributed by atoms with Crippen molar-refractivity contribution in [3.05, 3.63) is 0 Å². The molecule has 0 bridgehead atoms. The van der Waals surface area contributed by atoms with Crippen LogP contribution in [-0.2, 0) is 10.0 Å². The molecule has 0 aliphatic carbocycles. The zero-order chi connectivity index (χ0) is 9.78. The number of sulfonamides is 1. The van der Waals surface area contributed by atoms with E-state index < -0.39 is 10.0 Å². The van der Waals surface area contributed by atoms with E-state index in [2.05, 4.69) is 0 Å². The van der Waals surface area contributed by atoms with Gasteiger partial charge in [-0.15, -0.1) is 0 Å². The third-order valence-electron chi connectivity index (χ3n) is 1.54. The van der Waals surface area contributed by atoms with E-state index in [1.54, 1.807) is 0 Å². The van der Waals surface area contributed by atoms with Crippen molar-refractivity contribution in [1.29, 1.82) is 0 Å². The van der Waals surface area contributed by atoms with Crippen LogP contribution in [0.3, 0.4) is 0 Å². The van der Waals surface area contributed by atoms with Crippen molar-refractivity contribution in [1.82, 2.24) is 4.31 Å². The monoisotopic (exact) mass is 195 g/mol. The second-order valence-corrected chi connectivity index (χ2v) is 4.98. The second-order valence-electron chi connectivity index (χ2n) is 3.04. The van der Waals surface area contributed by atoms with Crippen LogP contribution in [0.25, 0.3) is 0 Å². The Hall–Kier alpha value is -0.130. The normalized spacial score (nSPS) is 12.8. The van der Waals surface area contributed by atoms with E-state index >= 15 is 0 Å². The predicted octanol–water partition coefficient (Wildman–Crippen LogP) is 0.0388. The third-order valence-corrected chi connectivity index (χ3v) is 2.99. The number of hydrogen-bond donors (Lipinski definition) is 1. The van der Waals surface area contributed by atoms with Gasteiger partial charge in [-0.25, -0.2) is 8.42 Å². The maximum Gasteiger partial charge on any atom is 0.211 e. The molecule has 5 heteroatoms. The summed E-state index contributed by atoms with van der Waals surface area (Å²) in [5.74, 6) is 0. The summed E-state index contributed by atoms with van der Waals surface area (Å²) < 4.78 is 23.6. The standard InChI is InChI=1S/C7H17NO3S/c1-7(2)8(5-4-6-9)12(3,10)11/h7,9H,4-6H2,1-3H3. The molecule has 0 radical (unpaired) electrons. The molecule has 12 heavy (non-hydrogen) atoms. The molecule has 1 N–H and O–H groups in total. The first-order valence-electron chi connectivity index (χ1n) is 3.97. The number of hydrogen-bond acceptors (Lipinski definition) is 3. The molecular weight excluding hydrogens is 178 g/mol. The number of aliphatic hydroxyl groups excluding tert-OH is 1. The maximum atomic E-state index is 11.1. The Balaban J connectivity index is 4.26. The summed E-state index contributed by atoms with van der Waals surface area (Å²) in [6.07, 6.45) is 1.68. The molecule has 0 aromatic rings. The van der Waals surface area contributed by atoms with Crippen LogP contribution in [0.5, 0.6) is 0 Å². The summed E-state index contributed by atoms with van der Waals surface area (Å²) in [6.45, 7) is 4.06. The fourth-order valence-electron chi connectivity index (χ4n) is 1.03. The molecule has 0 fully saturated rings. The molecule has 0 amide bonds. The highest BCUT2D eigenvalue weighted by atomic mass is 32.2. The minimum Gasteiger partial charge on any atom is -0.396 e. The van der Waals surface area contributed by atoms with Crippen LogP contribution >= 0.6 is 0 Å². The molecule has 0 spiro atoms. The van der Waals surface area contributed by atoms with Gasteiger partial charge >= 0.3 is 0 Å². The van der Waals surface area contributed by atoms with E-state index in [1.807, 2.05) is 13.8 Å². The van der Waals surface area contributed by atoms with Gasteiger partial charge in [-0.05, 0) is 20.3 Å². The van der Waals surface area contributed by atoms with Gasteiger partial charge in [0, 0.05) is 19.2 Å². The van der Waals surface area contributed by atoms with Crippen molar-refractivity contribution in [3.8, 4) is 0 Å². The van der Waals surface area contributed by atoms with Crippen LogP contribution in [-0.4, -0.2) is 43.3 Å². The van der Waals surface area contributed by atoms with Gasteiger partial charge in [-0.2, -0.15) is 4.31 Å². The van der Waals surface area contributed by atoms with Gasteiger partial charge in [-0.1, -0.05) is 0 Å². The number of aliphatic hydroxyl groups is 1. The average molecular weight is 195 g/mol. The lowest BCUT2D eigenvalue weighted by atomic mass is 10.3. The van der Waals surface area contributed by atoms with Crippen LogP contribution in [0.15, 0.2) is 0 Å². The van der Waals surface area contributed by atoms with Crippen LogP contribution in [0, 0.1) is 0 Å². The van der Waals surface area contributed by atoms with Crippen molar-refractivity contribution in [2.24, 2.45) is 0 Å². The van der Waals surface area contributed by atoms with Gasteiger partial charge in [-0.3, -0.25) is 0 Å². The molecule has 0 aromatic carbocycles. The zero-order valence-corrected chi connectivity index (χ0v) is 8.63. The molecule has 0 aliphatic rings. The highest BCUT2D eigenvalue weighted by Crippen LogP contribution is 2.05. The third kappa shape index (κ3) is 4.04. The van der Waals surface area contributed by atoms with Gasteiger partial charge < -0.3 is 5.11 Å². The summed E-state index contributed by atoms with van der Waals surface area (Å²) in [6, 6.07) is -0.0356. The van der Waals surface area contributed by atoms with Gasteiger partial charge in [0.2, 0.25) is 10.0 Å². The summed E-state index contributed by atoms with van der Waals surface area (Å²) in [5.41, 5.74) is 0. The molecule has 0 saturated carbocycles. The van der Waals surface area contributed by atoms with Gasteiger partial charge in [0.05, 0.1) is 6.26 Å². The molecule has 0 unspecified atom stereocenters. The van der Waals surface area contributed by atoms with E-state index in [0.717, 1.165) is 0 Å². The summed E-state index contributed by atoms with van der Waals surface area (Å²) in [4.78, 5) is 0. The molecule has 74 valence electrons. The first-order chi connectivity index (χ1) is 5.39. The predicted molar refractivity (Wildman–Crippen MR) is 48.4 cm³/mol. The van der Waals surface area contributed by atoms with Crippen LogP contribution in [0.4, 0.5) is 0 Å². The highest BCUT2D eigenvalue weighted by Gasteiger charge is 2.18. The van der Waals surface area contributed by atoms with Crippen LogP contribution in [0.2, 0.25) is 0 Å². The highest BCUT2D eigenvalue weighted by molar-refractivity contribution is 7.88. The molecule has 0 atom stereocenters. The number of nitrogens with zero attached hydrogens (tertiary/aromatic N) is 1. The van der Waals surface area contributed by atoms with Gasteiger partial charge in [0.15, 0.2) is 0 Å². The molecular formula is C7H17NO3S. The van der Waals surface area contributed by atoms with Crippen LogP contribution < -0.4 is 0 Å². The van der Waals surface area contributed by atoms with E-state index in [9.17, 15) is 8.42 Å². The lowest BCUT2D eigenvalue weighted by molar-refractivity contribution is 0.259. The number of rotatable bonds is 5. The van der Waals surface area contributed by atoms with Gasteiger partial charge in [0.1, 0.15) is 0 Å². The molecule has 0 heterocycles. The molecule has 0 aromatic heterocycles. The molecule has 0 aliphatic heterocycles. The van der Waals surface area contributed by atoms with E-state index in [0.29, 0.717) is 13.0 Å². The van der Waals surface area contributed by atoms with E-state index in [4.69, 9.17) is 5.11 Å². The molecule has 0 rings (SSSR count). The van der Waals surface area contributed by atoms with E-state index in [-0.39, 0.29) is 12.6 Å². The Kier molecular flexibility index (Phi) is 4.74. The Morgan fingerprint density at radius 1 is 1.42 bits per heavy atom. The topological polar surface area (TPSA) is 57.6 Å². The van der Waals surface area contributed by atoms with Gasteiger partial charge in [0.25, 0.3) is 0 Å². The summed E-state index contributed by atoms with van der Waals surface area (Å²) in [5, 5.41) is 8.54. The maximum absolute atomic E-state index is 11.1. The Morgan fingerprint density at radius 3 is 2.17 bits per heavy atom. The Labute approximate surface area is 74.2 Å². The van der Waals surface area contributed by atoms with Crippen LogP contribution in [0.1, 0.15) is 20.3 Å². The first-order valence-corrected chi connectivity index (χ1v) is 5.82. The van der Waals surface area contributed by atoms with Crippen molar-refractivity contribution < 1.29 is 13.5 Å². The van der Waals surface area contributed by atoms with Crippen molar-refractivity contribution in [2.45, 2.75) is 26.3 Å². The smallest absolute Gasteiger partial charge is 0.211 e. The molecule has 0 saturated heterocycles. The summed E-state index contributed by atoms with van der Waals surface area (Å²) >= 11 is 0.